The molecule has 4 nitrogen and oxygen atoms in total. The molecule has 1 aromatic heterocycles. The first-order valence-electron chi connectivity index (χ1n) is 7.20. The van der Waals surface area contributed by atoms with E-state index in [2.05, 4.69) is 5.10 Å². The molecule has 0 spiro atoms. The van der Waals surface area contributed by atoms with Crippen LogP contribution in [-0.4, -0.2) is 24.5 Å². The highest BCUT2D eigenvalue weighted by Gasteiger charge is 2.20. The number of aromatic nitrogens is 2. The third-order valence-electron chi connectivity index (χ3n) is 3.62. The Bertz CT molecular complexity index is 998. The molecule has 3 aromatic rings. The molecule has 8 heteroatoms. The molecular formula is C17H13ClF2N2O2S. The molecule has 0 fully saturated rings. The molecule has 3 rings (SSSR count). The SMILES string of the molecule is CS(=O)(=O)c1ccc(-n2cc(C(F)F)c(-c3ccc(Cl)cc3)n2)cc1. The fourth-order valence-corrected chi connectivity index (χ4v) is 3.11. The summed E-state index contributed by atoms with van der Waals surface area (Å²) in [5.41, 5.74) is 0.939. The van der Waals surface area contributed by atoms with Gasteiger partial charge in [0.1, 0.15) is 5.69 Å². The number of rotatable bonds is 4. The standard InChI is InChI=1S/C17H13ClF2N2O2S/c1-25(23,24)14-8-6-13(7-9-14)22-10-15(17(19)20)16(21-22)11-2-4-12(18)5-3-11/h2-10,17H,1H3. The second kappa shape index (κ2) is 6.57. The van der Waals surface area contributed by atoms with E-state index in [4.69, 9.17) is 11.6 Å². The molecule has 0 aliphatic carbocycles. The maximum atomic E-state index is 13.4. The van der Waals surface area contributed by atoms with Gasteiger partial charge in [-0.2, -0.15) is 5.10 Å². The highest BCUT2D eigenvalue weighted by Crippen LogP contribution is 2.31. The lowest BCUT2D eigenvalue weighted by Gasteiger charge is -2.03. The fraction of sp³-hybridized carbons (Fsp3) is 0.118. The van der Waals surface area contributed by atoms with Crippen LogP contribution in [0.25, 0.3) is 16.9 Å². The maximum absolute atomic E-state index is 13.4. The quantitative estimate of drug-likeness (QED) is 0.666. The van der Waals surface area contributed by atoms with Crippen LogP contribution in [0.4, 0.5) is 8.78 Å². The number of hydrogen-bond acceptors (Lipinski definition) is 3. The monoisotopic (exact) mass is 382 g/mol. The van der Waals surface area contributed by atoms with Crippen molar-refractivity contribution in [2.24, 2.45) is 0 Å². The third kappa shape index (κ3) is 3.72. The van der Waals surface area contributed by atoms with Crippen LogP contribution in [-0.2, 0) is 9.84 Å². The van der Waals surface area contributed by atoms with Crippen LogP contribution in [0.3, 0.4) is 0 Å². The smallest absolute Gasteiger partial charge is 0.240 e. The summed E-state index contributed by atoms with van der Waals surface area (Å²) in [6, 6.07) is 12.3. The van der Waals surface area contributed by atoms with E-state index in [-0.39, 0.29) is 16.2 Å². The zero-order chi connectivity index (χ0) is 18.2. The van der Waals surface area contributed by atoms with Crippen molar-refractivity contribution >= 4 is 21.4 Å². The minimum absolute atomic E-state index is 0.149. The maximum Gasteiger partial charge on any atom is 0.267 e. The zero-order valence-corrected chi connectivity index (χ0v) is 14.6. The summed E-state index contributed by atoms with van der Waals surface area (Å²) in [4.78, 5) is 0.149. The fourth-order valence-electron chi connectivity index (χ4n) is 2.36. The lowest BCUT2D eigenvalue weighted by atomic mass is 10.1. The number of alkyl halides is 2. The Morgan fingerprint density at radius 3 is 2.16 bits per heavy atom. The molecular weight excluding hydrogens is 370 g/mol. The van der Waals surface area contributed by atoms with Crippen LogP contribution >= 0.6 is 11.6 Å². The number of nitrogens with zero attached hydrogens (tertiary/aromatic N) is 2. The van der Waals surface area contributed by atoms with Crippen molar-refractivity contribution in [2.45, 2.75) is 11.3 Å². The van der Waals surface area contributed by atoms with Gasteiger partial charge in [0.15, 0.2) is 9.84 Å². The van der Waals surface area contributed by atoms with E-state index < -0.39 is 16.3 Å². The van der Waals surface area contributed by atoms with Crippen LogP contribution in [0, 0.1) is 0 Å². The molecule has 0 radical (unpaired) electrons. The Labute approximate surface area is 148 Å². The molecule has 2 aromatic carbocycles. The first kappa shape index (κ1) is 17.6. The second-order valence-corrected chi connectivity index (χ2v) is 7.90. The normalized spacial score (nSPS) is 11.9. The van der Waals surface area contributed by atoms with Crippen molar-refractivity contribution in [1.82, 2.24) is 9.78 Å². The molecule has 130 valence electrons. The molecule has 0 amide bonds. The lowest BCUT2D eigenvalue weighted by Crippen LogP contribution is -1.99. The van der Waals surface area contributed by atoms with Crippen LogP contribution < -0.4 is 0 Å². The average Bonchev–Trinajstić information content (AvgIpc) is 3.00. The lowest BCUT2D eigenvalue weighted by molar-refractivity contribution is 0.152. The molecule has 0 aliphatic rings. The molecule has 0 saturated carbocycles. The van der Waals surface area contributed by atoms with Gasteiger partial charge in [-0.15, -0.1) is 0 Å². The van der Waals surface area contributed by atoms with Gasteiger partial charge in [0, 0.05) is 23.0 Å². The van der Waals surface area contributed by atoms with Crippen molar-refractivity contribution in [2.75, 3.05) is 6.26 Å². The predicted octanol–water partition coefficient (Wildman–Crippen LogP) is 4.53. The Kier molecular flexibility index (Phi) is 4.62. The molecule has 0 bridgehead atoms. The molecule has 0 atom stereocenters. The summed E-state index contributed by atoms with van der Waals surface area (Å²) in [7, 11) is -3.33. The summed E-state index contributed by atoms with van der Waals surface area (Å²) in [5.74, 6) is 0. The minimum Gasteiger partial charge on any atom is -0.240 e. The molecule has 0 unspecified atom stereocenters. The van der Waals surface area contributed by atoms with Gasteiger partial charge in [-0.25, -0.2) is 21.9 Å². The van der Waals surface area contributed by atoms with Crippen molar-refractivity contribution in [3.05, 3.63) is 65.3 Å². The Balaban J connectivity index is 2.06. The highest BCUT2D eigenvalue weighted by molar-refractivity contribution is 7.90. The summed E-state index contributed by atoms with van der Waals surface area (Å²) in [5, 5.41) is 4.74. The van der Waals surface area contributed by atoms with Crippen molar-refractivity contribution in [1.29, 1.82) is 0 Å². The van der Waals surface area contributed by atoms with E-state index in [1.54, 1.807) is 24.3 Å². The molecule has 0 aliphatic heterocycles. The van der Waals surface area contributed by atoms with Gasteiger partial charge in [0.2, 0.25) is 0 Å². The molecule has 1 heterocycles. The van der Waals surface area contributed by atoms with Gasteiger partial charge in [-0.1, -0.05) is 23.7 Å². The zero-order valence-electron chi connectivity index (χ0n) is 13.0. The first-order chi connectivity index (χ1) is 11.8. The molecule has 0 N–H and O–H groups in total. The van der Waals surface area contributed by atoms with Crippen molar-refractivity contribution in [3.8, 4) is 16.9 Å². The summed E-state index contributed by atoms with van der Waals surface area (Å²) < 4.78 is 51.1. The van der Waals surface area contributed by atoms with E-state index in [0.29, 0.717) is 16.3 Å². The van der Waals surface area contributed by atoms with E-state index in [1.165, 1.54) is 35.1 Å². The van der Waals surface area contributed by atoms with E-state index >= 15 is 0 Å². The molecule has 25 heavy (non-hydrogen) atoms. The van der Waals surface area contributed by atoms with E-state index in [9.17, 15) is 17.2 Å². The van der Waals surface area contributed by atoms with Crippen molar-refractivity contribution in [3.63, 3.8) is 0 Å². The first-order valence-corrected chi connectivity index (χ1v) is 9.47. The van der Waals surface area contributed by atoms with Crippen molar-refractivity contribution < 1.29 is 17.2 Å². The summed E-state index contributed by atoms with van der Waals surface area (Å²) in [6.07, 6.45) is -0.359. The van der Waals surface area contributed by atoms with Gasteiger partial charge < -0.3 is 0 Å². The van der Waals surface area contributed by atoms with E-state index in [0.717, 1.165) is 6.26 Å². The van der Waals surface area contributed by atoms with Crippen LogP contribution in [0.15, 0.2) is 59.6 Å². The summed E-state index contributed by atoms with van der Waals surface area (Å²) in [6.45, 7) is 0. The topological polar surface area (TPSA) is 52.0 Å². The largest absolute Gasteiger partial charge is 0.267 e. The van der Waals surface area contributed by atoms with Crippen LogP contribution in [0.5, 0.6) is 0 Å². The molecule has 0 saturated heterocycles. The third-order valence-corrected chi connectivity index (χ3v) is 5.01. The van der Waals surface area contributed by atoms with Gasteiger partial charge in [-0.3, -0.25) is 0 Å². The number of hydrogen-bond donors (Lipinski definition) is 0. The Hall–Kier alpha value is -2.25. The van der Waals surface area contributed by atoms with Crippen LogP contribution in [0.2, 0.25) is 5.02 Å². The van der Waals surface area contributed by atoms with Gasteiger partial charge in [-0.05, 0) is 36.4 Å². The Morgan fingerprint density at radius 2 is 1.64 bits per heavy atom. The summed E-state index contributed by atoms with van der Waals surface area (Å²) >= 11 is 5.83. The number of sulfone groups is 1. The number of halogens is 3. The van der Waals surface area contributed by atoms with Gasteiger partial charge in [0.05, 0.1) is 16.1 Å². The Morgan fingerprint density at radius 1 is 1.04 bits per heavy atom. The highest BCUT2D eigenvalue weighted by atomic mass is 35.5. The van der Waals surface area contributed by atoms with Gasteiger partial charge in [0.25, 0.3) is 6.43 Å². The number of benzene rings is 2. The average molecular weight is 383 g/mol. The van der Waals surface area contributed by atoms with Gasteiger partial charge >= 0.3 is 0 Å². The predicted molar refractivity (Wildman–Crippen MR) is 92.1 cm³/mol. The van der Waals surface area contributed by atoms with Crippen LogP contribution in [0.1, 0.15) is 12.0 Å². The minimum atomic E-state index is -3.33. The van der Waals surface area contributed by atoms with E-state index in [1.807, 2.05) is 0 Å². The second-order valence-electron chi connectivity index (χ2n) is 5.45.